The molecule has 0 bridgehead atoms. The van der Waals surface area contributed by atoms with Crippen LogP contribution in [0, 0.1) is 0 Å². The van der Waals surface area contributed by atoms with Crippen molar-refractivity contribution in [2.75, 3.05) is 11.6 Å². The molecule has 1 heterocycles. The first-order valence-corrected chi connectivity index (χ1v) is 8.66. The van der Waals surface area contributed by atoms with Crippen LogP contribution in [0.5, 0.6) is 0 Å². The Kier molecular flexibility index (Phi) is 3.19. The summed E-state index contributed by atoms with van der Waals surface area (Å²) in [5, 5.41) is 3.97. The van der Waals surface area contributed by atoms with Gasteiger partial charge in [-0.15, -0.1) is 0 Å². The highest BCUT2D eigenvalue weighted by atomic mass is 32.2. The third-order valence-corrected chi connectivity index (χ3v) is 4.91. The minimum Gasteiger partial charge on any atom is -0.332 e. The van der Waals surface area contributed by atoms with Crippen molar-refractivity contribution in [3.05, 3.63) is 48.5 Å². The summed E-state index contributed by atoms with van der Waals surface area (Å²) in [5.41, 5.74) is 1.77. The maximum absolute atomic E-state index is 11.4. The second kappa shape index (κ2) is 4.88. The minimum atomic E-state index is -3.15. The Bertz CT molecular complexity index is 819. The van der Waals surface area contributed by atoms with Crippen LogP contribution in [0.3, 0.4) is 0 Å². The van der Waals surface area contributed by atoms with Crippen LogP contribution in [0.2, 0.25) is 0 Å². The number of fused-ring (bicyclic) bond motifs is 1. The standard InChI is InChI=1S/C14H12N2O2S2/c1-20(17,18)11-8-6-10(7-9-11)15-14-16-12-4-2-3-5-13(12)19-14/h2-9H,1H3,(H,15,16). The maximum atomic E-state index is 11.4. The van der Waals surface area contributed by atoms with E-state index in [1.807, 2.05) is 24.3 Å². The van der Waals surface area contributed by atoms with Crippen molar-refractivity contribution >= 4 is 42.2 Å². The number of hydrogen-bond donors (Lipinski definition) is 1. The van der Waals surface area contributed by atoms with E-state index in [-0.39, 0.29) is 0 Å². The zero-order valence-corrected chi connectivity index (χ0v) is 12.3. The topological polar surface area (TPSA) is 59.1 Å². The summed E-state index contributed by atoms with van der Waals surface area (Å²) in [6, 6.07) is 14.6. The van der Waals surface area contributed by atoms with Crippen molar-refractivity contribution < 1.29 is 8.42 Å². The minimum absolute atomic E-state index is 0.312. The number of sulfone groups is 1. The number of benzene rings is 2. The van der Waals surface area contributed by atoms with Crippen molar-refractivity contribution in [2.45, 2.75) is 4.90 Å². The van der Waals surface area contributed by atoms with Gasteiger partial charge in [0.25, 0.3) is 0 Å². The van der Waals surface area contributed by atoms with E-state index in [2.05, 4.69) is 10.3 Å². The van der Waals surface area contributed by atoms with Gasteiger partial charge in [0.2, 0.25) is 0 Å². The number of para-hydroxylation sites is 1. The second-order valence-corrected chi connectivity index (χ2v) is 7.45. The normalized spacial score (nSPS) is 11.7. The van der Waals surface area contributed by atoms with Gasteiger partial charge < -0.3 is 5.32 Å². The molecule has 102 valence electrons. The van der Waals surface area contributed by atoms with Crippen molar-refractivity contribution in [3.63, 3.8) is 0 Å². The molecule has 3 rings (SSSR count). The van der Waals surface area contributed by atoms with Crippen LogP contribution >= 0.6 is 11.3 Å². The Balaban J connectivity index is 1.87. The van der Waals surface area contributed by atoms with Crippen molar-refractivity contribution in [1.82, 2.24) is 4.98 Å². The first-order chi connectivity index (χ1) is 9.52. The quantitative estimate of drug-likeness (QED) is 0.805. The van der Waals surface area contributed by atoms with Gasteiger partial charge in [0.05, 0.1) is 15.1 Å². The summed E-state index contributed by atoms with van der Waals surface area (Å²) < 4.78 is 23.9. The van der Waals surface area contributed by atoms with Gasteiger partial charge in [-0.05, 0) is 36.4 Å². The maximum Gasteiger partial charge on any atom is 0.188 e. The lowest BCUT2D eigenvalue weighted by Crippen LogP contribution is -1.97. The lowest BCUT2D eigenvalue weighted by molar-refractivity contribution is 0.602. The summed E-state index contributed by atoms with van der Waals surface area (Å²) in [7, 11) is -3.15. The van der Waals surface area contributed by atoms with E-state index in [9.17, 15) is 8.42 Å². The molecule has 1 N–H and O–H groups in total. The molecule has 3 aromatic rings. The summed E-state index contributed by atoms with van der Waals surface area (Å²) >= 11 is 1.56. The van der Waals surface area contributed by atoms with E-state index in [1.165, 1.54) is 6.26 Å². The van der Waals surface area contributed by atoms with E-state index in [0.717, 1.165) is 21.0 Å². The molecule has 0 radical (unpaired) electrons. The number of rotatable bonds is 3. The Morgan fingerprint density at radius 2 is 1.75 bits per heavy atom. The fourth-order valence-corrected chi connectivity index (χ4v) is 3.35. The molecular weight excluding hydrogens is 292 g/mol. The second-order valence-electron chi connectivity index (χ2n) is 4.41. The molecule has 0 atom stereocenters. The van der Waals surface area contributed by atoms with Gasteiger partial charge in [-0.25, -0.2) is 13.4 Å². The van der Waals surface area contributed by atoms with Gasteiger partial charge in [-0.1, -0.05) is 23.5 Å². The SMILES string of the molecule is CS(=O)(=O)c1ccc(Nc2nc3ccccc3s2)cc1. The van der Waals surface area contributed by atoms with Crippen LogP contribution in [0.1, 0.15) is 0 Å². The molecule has 0 spiro atoms. The van der Waals surface area contributed by atoms with Crippen LogP contribution in [0.4, 0.5) is 10.8 Å². The Hall–Kier alpha value is -1.92. The number of nitrogens with zero attached hydrogens (tertiary/aromatic N) is 1. The average Bonchev–Trinajstić information content (AvgIpc) is 2.80. The van der Waals surface area contributed by atoms with Crippen LogP contribution in [0.25, 0.3) is 10.2 Å². The molecule has 0 fully saturated rings. The number of anilines is 2. The van der Waals surface area contributed by atoms with E-state index < -0.39 is 9.84 Å². The monoisotopic (exact) mass is 304 g/mol. The van der Waals surface area contributed by atoms with Gasteiger partial charge in [-0.3, -0.25) is 0 Å². The number of thiazole rings is 1. The highest BCUT2D eigenvalue weighted by Crippen LogP contribution is 2.28. The third kappa shape index (κ3) is 2.66. The summed E-state index contributed by atoms with van der Waals surface area (Å²) in [6.07, 6.45) is 1.20. The van der Waals surface area contributed by atoms with Crippen LogP contribution in [-0.4, -0.2) is 19.7 Å². The zero-order valence-electron chi connectivity index (χ0n) is 10.7. The molecule has 0 aliphatic carbocycles. The third-order valence-electron chi connectivity index (χ3n) is 2.83. The Morgan fingerprint density at radius 3 is 2.40 bits per heavy atom. The molecule has 0 unspecified atom stereocenters. The number of nitrogens with one attached hydrogen (secondary N) is 1. The van der Waals surface area contributed by atoms with E-state index >= 15 is 0 Å². The molecule has 2 aromatic carbocycles. The molecule has 0 saturated heterocycles. The molecule has 6 heteroatoms. The highest BCUT2D eigenvalue weighted by Gasteiger charge is 2.07. The molecule has 0 aliphatic rings. The van der Waals surface area contributed by atoms with Crippen LogP contribution in [0.15, 0.2) is 53.4 Å². The van der Waals surface area contributed by atoms with E-state index in [1.54, 1.807) is 35.6 Å². The summed E-state index contributed by atoms with van der Waals surface area (Å²) in [4.78, 5) is 4.78. The predicted molar refractivity (Wildman–Crippen MR) is 82.5 cm³/mol. The molecule has 20 heavy (non-hydrogen) atoms. The van der Waals surface area contributed by atoms with Crippen LogP contribution < -0.4 is 5.32 Å². The first kappa shape index (κ1) is 13.1. The molecule has 0 amide bonds. The molecule has 1 aromatic heterocycles. The fraction of sp³-hybridized carbons (Fsp3) is 0.0714. The fourth-order valence-electron chi connectivity index (χ4n) is 1.83. The largest absolute Gasteiger partial charge is 0.332 e. The number of hydrogen-bond acceptors (Lipinski definition) is 5. The molecular formula is C14H12N2O2S2. The zero-order chi connectivity index (χ0) is 14.2. The molecule has 4 nitrogen and oxygen atoms in total. The van der Waals surface area contributed by atoms with E-state index in [0.29, 0.717) is 4.90 Å². The highest BCUT2D eigenvalue weighted by molar-refractivity contribution is 7.90. The Morgan fingerprint density at radius 1 is 1.05 bits per heavy atom. The predicted octanol–water partition coefficient (Wildman–Crippen LogP) is 3.44. The summed E-state index contributed by atoms with van der Waals surface area (Å²) in [6.45, 7) is 0. The molecule has 0 aliphatic heterocycles. The smallest absolute Gasteiger partial charge is 0.188 e. The van der Waals surface area contributed by atoms with Gasteiger partial charge in [-0.2, -0.15) is 0 Å². The lowest BCUT2D eigenvalue weighted by atomic mass is 10.3. The van der Waals surface area contributed by atoms with Crippen molar-refractivity contribution in [3.8, 4) is 0 Å². The molecule has 0 saturated carbocycles. The Labute approximate surface area is 121 Å². The van der Waals surface area contributed by atoms with Gasteiger partial charge in [0.15, 0.2) is 15.0 Å². The summed E-state index contributed by atoms with van der Waals surface area (Å²) in [5.74, 6) is 0. The average molecular weight is 304 g/mol. The number of aromatic nitrogens is 1. The van der Waals surface area contributed by atoms with Crippen molar-refractivity contribution in [2.24, 2.45) is 0 Å². The first-order valence-electron chi connectivity index (χ1n) is 5.95. The van der Waals surface area contributed by atoms with Gasteiger partial charge in [0, 0.05) is 11.9 Å². The van der Waals surface area contributed by atoms with Crippen molar-refractivity contribution in [1.29, 1.82) is 0 Å². The van der Waals surface area contributed by atoms with Gasteiger partial charge in [0.1, 0.15) is 0 Å². The van der Waals surface area contributed by atoms with E-state index in [4.69, 9.17) is 0 Å². The van der Waals surface area contributed by atoms with Crippen LogP contribution in [-0.2, 0) is 9.84 Å². The lowest BCUT2D eigenvalue weighted by Gasteiger charge is -2.03. The van der Waals surface area contributed by atoms with Gasteiger partial charge >= 0.3 is 0 Å².